The van der Waals surface area contributed by atoms with E-state index < -0.39 is 10.0 Å². The van der Waals surface area contributed by atoms with Crippen molar-refractivity contribution in [2.24, 2.45) is 0 Å². The monoisotopic (exact) mass is 340 g/mol. The third-order valence-corrected chi connectivity index (χ3v) is 5.45. The van der Waals surface area contributed by atoms with Crippen LogP contribution < -0.4 is 4.72 Å². The molecule has 0 aliphatic heterocycles. The summed E-state index contributed by atoms with van der Waals surface area (Å²) in [5.74, 6) is -0.0681. The van der Waals surface area contributed by atoms with Gasteiger partial charge >= 0.3 is 0 Å². The van der Waals surface area contributed by atoms with Gasteiger partial charge in [0.2, 0.25) is 10.0 Å². The predicted molar refractivity (Wildman–Crippen MR) is 95.4 cm³/mol. The lowest BCUT2D eigenvalue weighted by Crippen LogP contribution is -2.29. The lowest BCUT2D eigenvalue weighted by atomic mass is 9.96. The molecular weight excluding hydrogens is 320 g/mol. The van der Waals surface area contributed by atoms with Gasteiger partial charge in [-0.25, -0.2) is 13.1 Å². The Morgan fingerprint density at radius 3 is 2.29 bits per heavy atom. The number of H-pyrrole nitrogens is 1. The largest absolute Gasteiger partial charge is 0.364 e. The number of rotatable bonds is 6. The first kappa shape index (κ1) is 16.5. The van der Waals surface area contributed by atoms with Gasteiger partial charge in [-0.15, -0.1) is 0 Å². The number of aryl methyl sites for hydroxylation is 1. The van der Waals surface area contributed by atoms with Crippen LogP contribution in [-0.4, -0.2) is 19.9 Å². The van der Waals surface area contributed by atoms with Crippen molar-refractivity contribution < 1.29 is 8.42 Å². The van der Waals surface area contributed by atoms with Gasteiger partial charge in [-0.1, -0.05) is 48.0 Å². The van der Waals surface area contributed by atoms with E-state index in [4.69, 9.17) is 0 Å². The SMILES string of the molecule is Cc1ccc(S(=O)(=O)NCC(c2ccccc2)c2ccc[nH]2)cc1. The maximum absolute atomic E-state index is 12.5. The molecule has 1 unspecified atom stereocenters. The molecule has 0 saturated heterocycles. The van der Waals surface area contributed by atoms with E-state index in [9.17, 15) is 8.42 Å². The zero-order valence-corrected chi connectivity index (χ0v) is 14.3. The molecule has 0 spiro atoms. The highest BCUT2D eigenvalue weighted by molar-refractivity contribution is 7.89. The highest BCUT2D eigenvalue weighted by Crippen LogP contribution is 2.23. The van der Waals surface area contributed by atoms with Gasteiger partial charge in [-0.05, 0) is 36.8 Å². The lowest BCUT2D eigenvalue weighted by Gasteiger charge is -2.17. The quantitative estimate of drug-likeness (QED) is 0.722. The van der Waals surface area contributed by atoms with Crippen LogP contribution in [0.25, 0.3) is 0 Å². The highest BCUT2D eigenvalue weighted by Gasteiger charge is 2.20. The van der Waals surface area contributed by atoms with Crippen LogP contribution >= 0.6 is 0 Å². The molecule has 0 radical (unpaired) electrons. The minimum absolute atomic E-state index is 0.0681. The first-order chi connectivity index (χ1) is 11.6. The van der Waals surface area contributed by atoms with Crippen LogP contribution in [0.2, 0.25) is 0 Å². The smallest absolute Gasteiger partial charge is 0.240 e. The maximum Gasteiger partial charge on any atom is 0.240 e. The Labute approximate surface area is 142 Å². The standard InChI is InChI=1S/C19H20N2O2S/c1-15-9-11-17(12-10-15)24(22,23)21-14-18(19-8-5-13-20-19)16-6-3-2-4-7-16/h2-13,18,20-21H,14H2,1H3. The van der Waals surface area contributed by atoms with Gasteiger partial charge in [0.05, 0.1) is 4.90 Å². The van der Waals surface area contributed by atoms with Gasteiger partial charge in [0.25, 0.3) is 0 Å². The number of benzene rings is 2. The molecule has 0 aliphatic carbocycles. The van der Waals surface area contributed by atoms with E-state index in [0.29, 0.717) is 6.54 Å². The van der Waals surface area contributed by atoms with Crippen LogP contribution in [0.4, 0.5) is 0 Å². The molecule has 124 valence electrons. The average molecular weight is 340 g/mol. The molecule has 2 N–H and O–H groups in total. The summed E-state index contributed by atoms with van der Waals surface area (Å²) in [4.78, 5) is 3.47. The summed E-state index contributed by atoms with van der Waals surface area (Å²) < 4.78 is 27.8. The van der Waals surface area contributed by atoms with Gasteiger partial charge in [-0.3, -0.25) is 0 Å². The van der Waals surface area contributed by atoms with Crippen molar-refractivity contribution in [3.63, 3.8) is 0 Å². The Morgan fingerprint density at radius 2 is 1.67 bits per heavy atom. The van der Waals surface area contributed by atoms with Gasteiger partial charge in [-0.2, -0.15) is 0 Å². The van der Waals surface area contributed by atoms with Crippen LogP contribution in [0.3, 0.4) is 0 Å². The lowest BCUT2D eigenvalue weighted by molar-refractivity contribution is 0.577. The van der Waals surface area contributed by atoms with Crippen molar-refractivity contribution in [3.05, 3.63) is 89.7 Å². The first-order valence-electron chi connectivity index (χ1n) is 7.81. The second-order valence-electron chi connectivity index (χ2n) is 5.75. The fourth-order valence-electron chi connectivity index (χ4n) is 2.65. The van der Waals surface area contributed by atoms with Gasteiger partial charge in [0.15, 0.2) is 0 Å². The Hall–Kier alpha value is -2.37. The molecule has 1 heterocycles. The van der Waals surface area contributed by atoms with E-state index in [1.165, 1.54) is 0 Å². The topological polar surface area (TPSA) is 62.0 Å². The van der Waals surface area contributed by atoms with E-state index in [2.05, 4.69) is 9.71 Å². The fraction of sp³-hybridized carbons (Fsp3) is 0.158. The van der Waals surface area contributed by atoms with E-state index in [0.717, 1.165) is 16.8 Å². The fourth-order valence-corrected chi connectivity index (χ4v) is 3.69. The average Bonchev–Trinajstić information content (AvgIpc) is 3.11. The summed E-state index contributed by atoms with van der Waals surface area (Å²) in [5, 5.41) is 0. The molecule has 3 rings (SSSR count). The number of hydrogen-bond acceptors (Lipinski definition) is 2. The summed E-state index contributed by atoms with van der Waals surface area (Å²) in [7, 11) is -3.54. The predicted octanol–water partition coefficient (Wildman–Crippen LogP) is 3.43. The number of aromatic nitrogens is 1. The van der Waals surface area contributed by atoms with Crippen molar-refractivity contribution in [1.29, 1.82) is 0 Å². The second-order valence-corrected chi connectivity index (χ2v) is 7.52. The van der Waals surface area contributed by atoms with Gasteiger partial charge in [0.1, 0.15) is 0 Å². The molecule has 0 bridgehead atoms. The van der Waals surface area contributed by atoms with Gasteiger partial charge < -0.3 is 4.98 Å². The molecule has 1 atom stereocenters. The third kappa shape index (κ3) is 3.75. The highest BCUT2D eigenvalue weighted by atomic mass is 32.2. The molecule has 0 saturated carbocycles. The van der Waals surface area contributed by atoms with E-state index >= 15 is 0 Å². The molecule has 0 amide bonds. The molecule has 2 aromatic carbocycles. The minimum Gasteiger partial charge on any atom is -0.364 e. The Kier molecular flexibility index (Phi) is 4.83. The Morgan fingerprint density at radius 1 is 0.958 bits per heavy atom. The summed E-state index contributed by atoms with van der Waals surface area (Å²) in [6.07, 6.45) is 1.85. The zero-order chi connectivity index (χ0) is 17.0. The Balaban J connectivity index is 1.82. The Bertz CT molecular complexity index is 871. The molecule has 0 fully saturated rings. The molecular formula is C19H20N2O2S. The van der Waals surface area contributed by atoms with Crippen LogP contribution in [0.1, 0.15) is 22.7 Å². The number of sulfonamides is 1. The van der Waals surface area contributed by atoms with E-state index in [1.54, 1.807) is 24.3 Å². The van der Waals surface area contributed by atoms with E-state index in [1.807, 2.05) is 55.6 Å². The molecule has 1 aromatic heterocycles. The third-order valence-electron chi connectivity index (χ3n) is 4.01. The maximum atomic E-state index is 12.5. The second kappa shape index (κ2) is 7.03. The molecule has 0 aliphatic rings. The van der Waals surface area contributed by atoms with Crippen molar-refractivity contribution in [1.82, 2.24) is 9.71 Å². The van der Waals surface area contributed by atoms with Crippen LogP contribution in [-0.2, 0) is 10.0 Å². The van der Waals surface area contributed by atoms with E-state index in [-0.39, 0.29) is 10.8 Å². The van der Waals surface area contributed by atoms with Crippen LogP contribution in [0.15, 0.2) is 77.8 Å². The first-order valence-corrected chi connectivity index (χ1v) is 9.29. The van der Waals surface area contributed by atoms with Crippen molar-refractivity contribution >= 4 is 10.0 Å². The molecule has 24 heavy (non-hydrogen) atoms. The summed E-state index contributed by atoms with van der Waals surface area (Å²) in [6.45, 7) is 2.22. The summed E-state index contributed by atoms with van der Waals surface area (Å²) >= 11 is 0. The van der Waals surface area contributed by atoms with Crippen molar-refractivity contribution in [3.8, 4) is 0 Å². The summed E-state index contributed by atoms with van der Waals surface area (Å²) in [5.41, 5.74) is 3.07. The number of aromatic amines is 1. The number of nitrogens with one attached hydrogen (secondary N) is 2. The van der Waals surface area contributed by atoms with Crippen LogP contribution in [0.5, 0.6) is 0 Å². The normalized spacial score (nSPS) is 12.9. The number of hydrogen-bond donors (Lipinski definition) is 2. The van der Waals surface area contributed by atoms with Gasteiger partial charge in [0, 0.05) is 24.4 Å². The minimum atomic E-state index is -3.54. The van der Waals surface area contributed by atoms with Crippen LogP contribution in [0, 0.1) is 6.92 Å². The molecule has 5 heteroatoms. The molecule has 4 nitrogen and oxygen atoms in total. The zero-order valence-electron chi connectivity index (χ0n) is 13.4. The van der Waals surface area contributed by atoms with Crippen molar-refractivity contribution in [2.45, 2.75) is 17.7 Å². The summed E-state index contributed by atoms with van der Waals surface area (Å²) in [6, 6.07) is 20.6. The van der Waals surface area contributed by atoms with Crippen molar-refractivity contribution in [2.75, 3.05) is 6.54 Å². The molecule has 3 aromatic rings.